The Bertz CT molecular complexity index is 369. The lowest BCUT2D eigenvalue weighted by molar-refractivity contribution is -0.139. The number of carbonyl (C=O) groups excluding carboxylic acids is 1. The van der Waals surface area contributed by atoms with Crippen LogP contribution in [0.25, 0.3) is 0 Å². The van der Waals surface area contributed by atoms with Crippen LogP contribution in [0.15, 0.2) is 0 Å². The van der Waals surface area contributed by atoms with Gasteiger partial charge in [0.15, 0.2) is 0 Å². The Labute approximate surface area is 136 Å². The molecule has 0 bridgehead atoms. The first-order valence-corrected chi connectivity index (χ1v) is 9.22. The lowest BCUT2D eigenvalue weighted by atomic mass is 9.95. The first kappa shape index (κ1) is 17.7. The fraction of sp³-hybridized carbons (Fsp3) is 0.944. The topological polar surface area (TPSA) is 35.6 Å². The second-order valence-corrected chi connectivity index (χ2v) is 7.63. The van der Waals surface area contributed by atoms with Gasteiger partial charge in [-0.15, -0.1) is 0 Å². The monoisotopic (exact) mass is 309 g/mol. The molecule has 1 amide bonds. The zero-order chi connectivity index (χ0) is 16.2. The zero-order valence-corrected chi connectivity index (χ0v) is 15.0. The molecule has 0 aromatic carbocycles. The SMILES string of the molecule is CCN1CCCCCC1CN1C(=O)C(NC)CCCC1(C)C. The number of likely N-dealkylation sites (N-methyl/N-ethyl adjacent to an activating group) is 2. The Morgan fingerprint density at radius 1 is 1.18 bits per heavy atom. The summed E-state index contributed by atoms with van der Waals surface area (Å²) in [6.07, 6.45) is 8.39. The highest BCUT2D eigenvalue weighted by Gasteiger charge is 2.38. The molecule has 0 radical (unpaired) electrons. The molecule has 4 heteroatoms. The Balaban J connectivity index is 2.16. The molecule has 2 aliphatic heterocycles. The predicted molar refractivity (Wildman–Crippen MR) is 92.0 cm³/mol. The zero-order valence-electron chi connectivity index (χ0n) is 15.0. The van der Waals surface area contributed by atoms with Gasteiger partial charge in [-0.3, -0.25) is 9.69 Å². The van der Waals surface area contributed by atoms with E-state index in [1.165, 1.54) is 32.2 Å². The Kier molecular flexibility index (Phi) is 6.27. The molecule has 22 heavy (non-hydrogen) atoms. The third-order valence-electron chi connectivity index (χ3n) is 5.72. The molecule has 128 valence electrons. The Morgan fingerprint density at radius 2 is 1.95 bits per heavy atom. The highest BCUT2D eigenvalue weighted by molar-refractivity contribution is 5.83. The van der Waals surface area contributed by atoms with Crippen molar-refractivity contribution in [2.75, 3.05) is 26.7 Å². The van der Waals surface area contributed by atoms with E-state index in [1.807, 2.05) is 7.05 Å². The first-order chi connectivity index (χ1) is 10.5. The summed E-state index contributed by atoms with van der Waals surface area (Å²) in [7, 11) is 1.92. The predicted octanol–water partition coefficient (Wildman–Crippen LogP) is 2.63. The van der Waals surface area contributed by atoms with Gasteiger partial charge in [0, 0.05) is 18.1 Å². The fourth-order valence-electron chi connectivity index (χ4n) is 4.16. The van der Waals surface area contributed by atoms with Crippen molar-refractivity contribution >= 4 is 5.91 Å². The normalized spacial score (nSPS) is 30.9. The van der Waals surface area contributed by atoms with Gasteiger partial charge in [-0.2, -0.15) is 0 Å². The summed E-state index contributed by atoms with van der Waals surface area (Å²) in [6.45, 7) is 9.94. The number of nitrogens with zero attached hydrogens (tertiary/aromatic N) is 2. The lowest BCUT2D eigenvalue weighted by Crippen LogP contribution is -2.56. The lowest BCUT2D eigenvalue weighted by Gasteiger charge is -2.42. The molecular formula is C18H35N3O. The molecule has 0 saturated carbocycles. The molecule has 0 aromatic heterocycles. The van der Waals surface area contributed by atoms with E-state index in [0.717, 1.165) is 32.4 Å². The number of hydrogen-bond donors (Lipinski definition) is 1. The molecule has 2 saturated heterocycles. The quantitative estimate of drug-likeness (QED) is 0.867. The second kappa shape index (κ2) is 7.78. The van der Waals surface area contributed by atoms with Crippen molar-refractivity contribution in [2.24, 2.45) is 0 Å². The van der Waals surface area contributed by atoms with Crippen LogP contribution in [0.5, 0.6) is 0 Å². The van der Waals surface area contributed by atoms with Crippen LogP contribution >= 0.6 is 0 Å². The van der Waals surface area contributed by atoms with Gasteiger partial charge in [0.1, 0.15) is 0 Å². The van der Waals surface area contributed by atoms with Crippen LogP contribution < -0.4 is 5.32 Å². The third-order valence-corrected chi connectivity index (χ3v) is 5.72. The van der Waals surface area contributed by atoms with Gasteiger partial charge in [-0.05, 0) is 66.1 Å². The molecule has 2 fully saturated rings. The van der Waals surface area contributed by atoms with E-state index in [9.17, 15) is 4.79 Å². The molecule has 2 heterocycles. The smallest absolute Gasteiger partial charge is 0.240 e. The van der Waals surface area contributed by atoms with Crippen LogP contribution in [-0.2, 0) is 4.79 Å². The van der Waals surface area contributed by atoms with Gasteiger partial charge < -0.3 is 10.2 Å². The first-order valence-electron chi connectivity index (χ1n) is 9.22. The van der Waals surface area contributed by atoms with Crippen LogP contribution in [0.3, 0.4) is 0 Å². The van der Waals surface area contributed by atoms with Crippen molar-refractivity contribution < 1.29 is 4.79 Å². The number of rotatable bonds is 4. The van der Waals surface area contributed by atoms with E-state index < -0.39 is 0 Å². The summed E-state index contributed by atoms with van der Waals surface area (Å²) in [5.41, 5.74) is -0.0194. The summed E-state index contributed by atoms with van der Waals surface area (Å²) in [5.74, 6) is 0.310. The maximum atomic E-state index is 13.0. The van der Waals surface area contributed by atoms with Crippen molar-refractivity contribution in [3.05, 3.63) is 0 Å². The van der Waals surface area contributed by atoms with Gasteiger partial charge in [0.05, 0.1) is 6.04 Å². The molecule has 2 rings (SSSR count). The maximum Gasteiger partial charge on any atom is 0.240 e. The molecule has 2 unspecified atom stereocenters. The van der Waals surface area contributed by atoms with Crippen LogP contribution in [0.2, 0.25) is 0 Å². The van der Waals surface area contributed by atoms with Gasteiger partial charge in [-0.25, -0.2) is 0 Å². The molecule has 2 atom stereocenters. The van der Waals surface area contributed by atoms with Gasteiger partial charge in [-0.1, -0.05) is 19.8 Å². The van der Waals surface area contributed by atoms with Gasteiger partial charge in [0.25, 0.3) is 0 Å². The van der Waals surface area contributed by atoms with Crippen LogP contribution in [-0.4, -0.2) is 60.0 Å². The highest BCUT2D eigenvalue weighted by Crippen LogP contribution is 2.29. The van der Waals surface area contributed by atoms with Crippen LogP contribution in [0, 0.1) is 0 Å². The Morgan fingerprint density at radius 3 is 2.64 bits per heavy atom. The summed E-state index contributed by atoms with van der Waals surface area (Å²) >= 11 is 0. The number of carbonyl (C=O) groups is 1. The molecule has 1 N–H and O–H groups in total. The Hall–Kier alpha value is -0.610. The van der Waals surface area contributed by atoms with Crippen LogP contribution in [0.1, 0.15) is 65.7 Å². The van der Waals surface area contributed by atoms with Crippen LogP contribution in [0.4, 0.5) is 0 Å². The third kappa shape index (κ3) is 4.02. The molecule has 0 aromatic rings. The van der Waals surface area contributed by atoms with Crippen molar-refractivity contribution in [1.82, 2.24) is 15.1 Å². The number of likely N-dealkylation sites (tertiary alicyclic amines) is 2. The highest BCUT2D eigenvalue weighted by atomic mass is 16.2. The van der Waals surface area contributed by atoms with Crippen molar-refractivity contribution in [3.8, 4) is 0 Å². The second-order valence-electron chi connectivity index (χ2n) is 7.63. The molecular weight excluding hydrogens is 274 g/mol. The summed E-state index contributed by atoms with van der Waals surface area (Å²) in [5, 5.41) is 3.23. The largest absolute Gasteiger partial charge is 0.335 e. The van der Waals surface area contributed by atoms with E-state index in [4.69, 9.17) is 0 Å². The van der Waals surface area contributed by atoms with Gasteiger partial charge >= 0.3 is 0 Å². The fourth-order valence-corrected chi connectivity index (χ4v) is 4.16. The summed E-state index contributed by atoms with van der Waals surface area (Å²) in [4.78, 5) is 17.8. The van der Waals surface area contributed by atoms with E-state index in [-0.39, 0.29) is 11.6 Å². The molecule has 0 aliphatic carbocycles. The summed E-state index contributed by atoms with van der Waals surface area (Å²) < 4.78 is 0. The van der Waals surface area contributed by atoms with Crippen molar-refractivity contribution in [1.29, 1.82) is 0 Å². The molecule has 2 aliphatic rings. The van der Waals surface area contributed by atoms with E-state index in [2.05, 4.69) is 35.9 Å². The van der Waals surface area contributed by atoms with E-state index >= 15 is 0 Å². The number of hydrogen-bond acceptors (Lipinski definition) is 3. The standard InChI is InChI=1S/C18H35N3O/c1-5-20-13-8-6-7-10-15(20)14-21-17(22)16(19-4)11-9-12-18(21,2)3/h15-16,19H,5-14H2,1-4H3. The minimum absolute atomic E-state index is 0.00243. The van der Waals surface area contributed by atoms with Gasteiger partial charge in [0.2, 0.25) is 5.91 Å². The maximum absolute atomic E-state index is 13.0. The average molecular weight is 309 g/mol. The summed E-state index contributed by atoms with van der Waals surface area (Å²) in [6, 6.07) is 0.536. The number of nitrogens with one attached hydrogen (secondary N) is 1. The minimum atomic E-state index is -0.0194. The van der Waals surface area contributed by atoms with Crippen molar-refractivity contribution in [3.63, 3.8) is 0 Å². The molecule has 0 spiro atoms. The average Bonchev–Trinajstić information content (AvgIpc) is 2.77. The van der Waals surface area contributed by atoms with Crippen molar-refractivity contribution in [2.45, 2.75) is 83.3 Å². The van der Waals surface area contributed by atoms with E-state index in [1.54, 1.807) is 0 Å². The number of amides is 1. The molecule has 4 nitrogen and oxygen atoms in total. The van der Waals surface area contributed by atoms with E-state index in [0.29, 0.717) is 11.9 Å². The minimum Gasteiger partial charge on any atom is -0.335 e.